The van der Waals surface area contributed by atoms with E-state index in [0.29, 0.717) is 10.4 Å². The Kier molecular flexibility index (Phi) is 3.55. The zero-order valence-corrected chi connectivity index (χ0v) is 12.0. The number of halogens is 2. The van der Waals surface area contributed by atoms with Gasteiger partial charge in [-0.05, 0) is 29.1 Å². The summed E-state index contributed by atoms with van der Waals surface area (Å²) in [5, 5.41) is 1.08. The minimum atomic E-state index is -0.511. The zero-order chi connectivity index (χ0) is 14.1. The summed E-state index contributed by atoms with van der Waals surface area (Å²) in [4.78, 5) is 12.9. The molecule has 0 spiro atoms. The fourth-order valence-electron chi connectivity index (χ4n) is 2.06. The van der Waals surface area contributed by atoms with Gasteiger partial charge >= 0.3 is 0 Å². The molecule has 3 rings (SSSR count). The molecule has 0 radical (unpaired) electrons. The normalized spacial score (nSPS) is 10.9. The van der Waals surface area contributed by atoms with Crippen LogP contribution in [-0.4, -0.2) is 5.78 Å². The van der Waals surface area contributed by atoms with E-state index in [1.807, 2.05) is 30.3 Å². The monoisotopic (exact) mass is 304 g/mol. The fourth-order valence-corrected chi connectivity index (χ4v) is 3.26. The van der Waals surface area contributed by atoms with Crippen molar-refractivity contribution in [2.75, 3.05) is 0 Å². The van der Waals surface area contributed by atoms with Crippen LogP contribution in [0.5, 0.6) is 0 Å². The van der Waals surface area contributed by atoms with Crippen molar-refractivity contribution in [3.8, 4) is 0 Å². The molecule has 0 bridgehead atoms. The fraction of sp³-hybridized carbons (Fsp3) is 0.0625. The molecule has 0 saturated carbocycles. The Morgan fingerprint density at radius 2 is 1.95 bits per heavy atom. The first-order chi connectivity index (χ1) is 9.65. The lowest BCUT2D eigenvalue weighted by atomic mass is 10.1. The predicted octanol–water partition coefficient (Wildman–Crippen LogP) is 5.12. The Labute approximate surface area is 124 Å². The van der Waals surface area contributed by atoms with E-state index in [4.69, 9.17) is 11.6 Å². The Morgan fingerprint density at radius 1 is 1.15 bits per heavy atom. The third kappa shape index (κ3) is 2.47. The third-order valence-corrected chi connectivity index (χ3v) is 4.53. The van der Waals surface area contributed by atoms with E-state index in [1.54, 1.807) is 12.1 Å². The summed E-state index contributed by atoms with van der Waals surface area (Å²) in [7, 11) is 0. The van der Waals surface area contributed by atoms with Crippen LogP contribution in [0.3, 0.4) is 0 Å². The molecule has 0 aliphatic rings. The van der Waals surface area contributed by atoms with Crippen molar-refractivity contribution < 1.29 is 9.18 Å². The molecule has 0 amide bonds. The quantitative estimate of drug-likeness (QED) is 0.614. The van der Waals surface area contributed by atoms with E-state index < -0.39 is 5.82 Å². The lowest BCUT2D eigenvalue weighted by Gasteiger charge is -2.02. The van der Waals surface area contributed by atoms with Gasteiger partial charge in [-0.2, -0.15) is 0 Å². The topological polar surface area (TPSA) is 17.1 Å². The van der Waals surface area contributed by atoms with Gasteiger partial charge in [0, 0.05) is 11.1 Å². The number of Topliss-reactive ketones (excluding diaryl/α,β-unsaturated/α-hetero) is 1. The van der Waals surface area contributed by atoms with Crippen LogP contribution in [0.4, 0.5) is 4.39 Å². The molecule has 0 unspecified atom stereocenters. The highest BCUT2D eigenvalue weighted by Gasteiger charge is 2.14. The van der Waals surface area contributed by atoms with Gasteiger partial charge in [-0.25, -0.2) is 4.39 Å². The molecular formula is C16H10ClFOS. The summed E-state index contributed by atoms with van der Waals surface area (Å²) in [6, 6.07) is 14.4. The van der Waals surface area contributed by atoms with Gasteiger partial charge in [0.25, 0.3) is 0 Å². The van der Waals surface area contributed by atoms with Crippen LogP contribution in [-0.2, 0) is 6.42 Å². The van der Waals surface area contributed by atoms with Crippen molar-refractivity contribution in [3.63, 3.8) is 0 Å². The molecule has 1 aromatic heterocycles. The number of fused-ring (bicyclic) bond motifs is 1. The first kappa shape index (κ1) is 13.3. The van der Waals surface area contributed by atoms with Crippen LogP contribution in [0.15, 0.2) is 48.5 Å². The van der Waals surface area contributed by atoms with Crippen molar-refractivity contribution >= 4 is 38.8 Å². The van der Waals surface area contributed by atoms with Crippen LogP contribution in [0.2, 0.25) is 5.02 Å². The van der Waals surface area contributed by atoms with Gasteiger partial charge in [-0.3, -0.25) is 4.79 Å². The van der Waals surface area contributed by atoms with Crippen LogP contribution < -0.4 is 0 Å². The second-order valence-electron chi connectivity index (χ2n) is 4.46. The number of carbonyl (C=O) groups excluding carboxylic acids is 1. The summed E-state index contributed by atoms with van der Waals surface area (Å²) < 4.78 is 14.9. The molecule has 4 heteroatoms. The highest BCUT2D eigenvalue weighted by Crippen LogP contribution is 2.27. The second kappa shape index (κ2) is 5.35. The van der Waals surface area contributed by atoms with E-state index >= 15 is 0 Å². The first-order valence-electron chi connectivity index (χ1n) is 6.10. The smallest absolute Gasteiger partial charge is 0.177 e. The molecule has 1 heterocycles. The summed E-state index contributed by atoms with van der Waals surface area (Å²) in [6.07, 6.45) is 0.0270. The molecule has 100 valence electrons. The summed E-state index contributed by atoms with van der Waals surface area (Å²) >= 11 is 7.15. The molecule has 20 heavy (non-hydrogen) atoms. The van der Waals surface area contributed by atoms with Crippen LogP contribution >= 0.6 is 22.9 Å². The molecule has 2 aromatic carbocycles. The van der Waals surface area contributed by atoms with Crippen molar-refractivity contribution in [1.82, 2.24) is 0 Å². The number of ketones is 1. The molecule has 0 aliphatic heterocycles. The predicted molar refractivity (Wildman–Crippen MR) is 81.3 cm³/mol. The SMILES string of the molecule is O=C(Cc1cccc(Cl)c1F)c1cc2ccccc2s1. The van der Waals surface area contributed by atoms with E-state index in [2.05, 4.69) is 0 Å². The lowest BCUT2D eigenvalue weighted by Crippen LogP contribution is -2.03. The van der Waals surface area contributed by atoms with Gasteiger partial charge in [0.05, 0.1) is 9.90 Å². The van der Waals surface area contributed by atoms with Gasteiger partial charge in [0.2, 0.25) is 0 Å². The number of hydrogen-bond donors (Lipinski definition) is 0. The highest BCUT2D eigenvalue weighted by molar-refractivity contribution is 7.20. The Hall–Kier alpha value is -1.71. The van der Waals surface area contributed by atoms with Crippen molar-refractivity contribution in [2.24, 2.45) is 0 Å². The van der Waals surface area contributed by atoms with Crippen molar-refractivity contribution in [2.45, 2.75) is 6.42 Å². The standard InChI is InChI=1S/C16H10ClFOS/c17-12-6-3-5-11(16(12)18)8-13(19)15-9-10-4-1-2-7-14(10)20-15/h1-7,9H,8H2. The molecule has 0 N–H and O–H groups in total. The Balaban J connectivity index is 1.91. The maximum absolute atomic E-state index is 13.8. The average molecular weight is 305 g/mol. The van der Waals surface area contributed by atoms with Gasteiger partial charge < -0.3 is 0 Å². The van der Waals surface area contributed by atoms with Gasteiger partial charge in [-0.1, -0.05) is 41.9 Å². The molecular weight excluding hydrogens is 295 g/mol. The number of thiophene rings is 1. The summed E-state index contributed by atoms with van der Waals surface area (Å²) in [6.45, 7) is 0. The third-order valence-electron chi connectivity index (χ3n) is 3.08. The van der Waals surface area contributed by atoms with E-state index in [0.717, 1.165) is 10.1 Å². The van der Waals surface area contributed by atoms with Gasteiger partial charge in [0.1, 0.15) is 5.82 Å². The molecule has 0 atom stereocenters. The van der Waals surface area contributed by atoms with E-state index in [1.165, 1.54) is 17.4 Å². The number of carbonyl (C=O) groups is 1. The zero-order valence-electron chi connectivity index (χ0n) is 10.4. The summed E-state index contributed by atoms with van der Waals surface area (Å²) in [5.41, 5.74) is 0.333. The Bertz CT molecular complexity index is 761. The van der Waals surface area contributed by atoms with Crippen molar-refractivity contribution in [1.29, 1.82) is 0 Å². The number of benzene rings is 2. The van der Waals surface area contributed by atoms with Crippen molar-refractivity contribution in [3.05, 3.63) is 69.8 Å². The van der Waals surface area contributed by atoms with Crippen LogP contribution in [0.25, 0.3) is 10.1 Å². The molecule has 3 aromatic rings. The highest BCUT2D eigenvalue weighted by atomic mass is 35.5. The van der Waals surface area contributed by atoms with Gasteiger partial charge in [-0.15, -0.1) is 11.3 Å². The maximum atomic E-state index is 13.8. The Morgan fingerprint density at radius 3 is 2.75 bits per heavy atom. The minimum Gasteiger partial charge on any atom is -0.293 e. The molecule has 0 aliphatic carbocycles. The van der Waals surface area contributed by atoms with Gasteiger partial charge in [0.15, 0.2) is 5.78 Å². The minimum absolute atomic E-state index is 0.0270. The lowest BCUT2D eigenvalue weighted by molar-refractivity contribution is 0.0996. The van der Waals surface area contributed by atoms with Crippen LogP contribution in [0.1, 0.15) is 15.2 Å². The molecule has 1 nitrogen and oxygen atoms in total. The largest absolute Gasteiger partial charge is 0.293 e. The first-order valence-corrected chi connectivity index (χ1v) is 7.29. The average Bonchev–Trinajstić information content (AvgIpc) is 2.88. The molecule has 0 fully saturated rings. The second-order valence-corrected chi connectivity index (χ2v) is 5.95. The number of hydrogen-bond acceptors (Lipinski definition) is 2. The number of rotatable bonds is 3. The van der Waals surface area contributed by atoms with Crippen LogP contribution in [0, 0.1) is 5.82 Å². The van der Waals surface area contributed by atoms with E-state index in [9.17, 15) is 9.18 Å². The molecule has 0 saturated heterocycles. The summed E-state index contributed by atoms with van der Waals surface area (Å²) in [5.74, 6) is -0.601. The maximum Gasteiger partial charge on any atom is 0.177 e. The van der Waals surface area contributed by atoms with E-state index in [-0.39, 0.29) is 17.2 Å².